The molecule has 1 unspecified atom stereocenters. The largest absolute Gasteiger partial charge is 0.339 e. The molecule has 1 atom stereocenters. The van der Waals surface area contributed by atoms with Crippen molar-refractivity contribution in [2.24, 2.45) is 0 Å². The van der Waals surface area contributed by atoms with Crippen LogP contribution in [0.15, 0.2) is 22.0 Å². The summed E-state index contributed by atoms with van der Waals surface area (Å²) in [7, 11) is 0. The van der Waals surface area contributed by atoms with Crippen LogP contribution in [0, 0.1) is 0 Å². The van der Waals surface area contributed by atoms with E-state index in [0.717, 1.165) is 37.5 Å². The molecule has 0 spiro atoms. The Morgan fingerprint density at radius 1 is 1.42 bits per heavy atom. The van der Waals surface area contributed by atoms with Crippen LogP contribution in [0.2, 0.25) is 0 Å². The van der Waals surface area contributed by atoms with Crippen LogP contribution < -0.4 is 5.32 Å². The minimum atomic E-state index is 0.626. The predicted molar refractivity (Wildman–Crippen MR) is 75.4 cm³/mol. The first-order chi connectivity index (χ1) is 9.40. The summed E-state index contributed by atoms with van der Waals surface area (Å²) in [6, 6.07) is 4.78. The van der Waals surface area contributed by atoms with Gasteiger partial charge in [-0.2, -0.15) is 4.98 Å². The van der Waals surface area contributed by atoms with Crippen LogP contribution in [0.4, 0.5) is 0 Å². The number of thiophene rings is 1. The maximum Gasteiger partial charge on any atom is 0.226 e. The Bertz CT molecular complexity index is 489. The molecule has 2 aromatic rings. The van der Waals surface area contributed by atoms with Gasteiger partial charge in [0.05, 0.1) is 0 Å². The molecule has 3 rings (SSSR count). The first-order valence-corrected chi connectivity index (χ1v) is 7.85. The standard InChI is InChI=1S/C14H19N3OS/c1-2-8-15-11(4-1)6-7-14-16-13(17-18-14)10-12-5-3-9-19-12/h3,5,9,11,15H,1-2,4,6-8,10H2. The monoisotopic (exact) mass is 277 g/mol. The Hall–Kier alpha value is -1.20. The molecule has 1 aliphatic heterocycles. The van der Waals surface area contributed by atoms with Gasteiger partial charge in [0.15, 0.2) is 5.82 Å². The van der Waals surface area contributed by atoms with E-state index in [4.69, 9.17) is 4.52 Å². The van der Waals surface area contributed by atoms with Crippen molar-refractivity contribution in [1.82, 2.24) is 15.5 Å². The van der Waals surface area contributed by atoms with E-state index in [2.05, 4.69) is 33.0 Å². The number of piperidine rings is 1. The lowest BCUT2D eigenvalue weighted by Gasteiger charge is -2.22. The van der Waals surface area contributed by atoms with Crippen molar-refractivity contribution in [2.45, 2.75) is 44.6 Å². The highest BCUT2D eigenvalue weighted by Gasteiger charge is 2.14. The van der Waals surface area contributed by atoms with Gasteiger partial charge in [0, 0.05) is 23.8 Å². The summed E-state index contributed by atoms with van der Waals surface area (Å²) >= 11 is 1.73. The van der Waals surface area contributed by atoms with Gasteiger partial charge in [0.25, 0.3) is 0 Å². The number of nitrogens with zero attached hydrogens (tertiary/aromatic N) is 2. The molecule has 0 saturated carbocycles. The van der Waals surface area contributed by atoms with Crippen molar-refractivity contribution in [3.05, 3.63) is 34.1 Å². The van der Waals surface area contributed by atoms with E-state index in [1.54, 1.807) is 11.3 Å². The Morgan fingerprint density at radius 3 is 3.21 bits per heavy atom. The van der Waals surface area contributed by atoms with Gasteiger partial charge >= 0.3 is 0 Å². The fourth-order valence-corrected chi connectivity index (χ4v) is 3.20. The predicted octanol–water partition coefficient (Wildman–Crippen LogP) is 2.80. The minimum Gasteiger partial charge on any atom is -0.339 e. The molecule has 0 aromatic carbocycles. The summed E-state index contributed by atoms with van der Waals surface area (Å²) in [5.74, 6) is 1.58. The Kier molecular flexibility index (Phi) is 4.25. The molecule has 2 aromatic heterocycles. The zero-order valence-electron chi connectivity index (χ0n) is 11.0. The fourth-order valence-electron chi connectivity index (χ4n) is 2.50. The van der Waals surface area contributed by atoms with Crippen molar-refractivity contribution in [1.29, 1.82) is 0 Å². The van der Waals surface area contributed by atoms with Crippen molar-refractivity contribution < 1.29 is 4.52 Å². The Morgan fingerprint density at radius 2 is 2.42 bits per heavy atom. The molecule has 0 amide bonds. The van der Waals surface area contributed by atoms with E-state index in [9.17, 15) is 0 Å². The second-order valence-electron chi connectivity index (χ2n) is 5.05. The average Bonchev–Trinajstić information content (AvgIpc) is 3.10. The maximum atomic E-state index is 5.32. The Labute approximate surface area is 117 Å². The first kappa shape index (κ1) is 12.8. The third-order valence-corrected chi connectivity index (χ3v) is 4.42. The topological polar surface area (TPSA) is 51.0 Å². The van der Waals surface area contributed by atoms with Crippen LogP contribution in [0.5, 0.6) is 0 Å². The van der Waals surface area contributed by atoms with E-state index in [-0.39, 0.29) is 0 Å². The number of nitrogens with one attached hydrogen (secondary N) is 1. The number of aryl methyl sites for hydroxylation is 1. The lowest BCUT2D eigenvalue weighted by Crippen LogP contribution is -2.34. The molecule has 102 valence electrons. The third kappa shape index (κ3) is 3.64. The molecular weight excluding hydrogens is 258 g/mol. The van der Waals surface area contributed by atoms with E-state index in [0.29, 0.717) is 6.04 Å². The summed E-state index contributed by atoms with van der Waals surface area (Å²) in [4.78, 5) is 5.75. The van der Waals surface area contributed by atoms with E-state index in [1.165, 1.54) is 24.1 Å². The van der Waals surface area contributed by atoms with Gasteiger partial charge in [-0.1, -0.05) is 17.6 Å². The van der Waals surface area contributed by atoms with Crippen molar-refractivity contribution >= 4 is 11.3 Å². The summed E-state index contributed by atoms with van der Waals surface area (Å²) in [5.41, 5.74) is 0. The molecule has 0 aliphatic carbocycles. The van der Waals surface area contributed by atoms with Gasteiger partial charge in [0.1, 0.15) is 0 Å². The van der Waals surface area contributed by atoms with Crippen LogP contribution in [-0.4, -0.2) is 22.7 Å². The molecule has 1 saturated heterocycles. The normalized spacial score (nSPS) is 19.7. The number of hydrogen-bond donors (Lipinski definition) is 1. The summed E-state index contributed by atoms with van der Waals surface area (Å²) in [5, 5.41) is 9.67. The van der Waals surface area contributed by atoms with Gasteiger partial charge in [-0.05, 0) is 37.3 Å². The van der Waals surface area contributed by atoms with Gasteiger partial charge < -0.3 is 9.84 Å². The zero-order chi connectivity index (χ0) is 12.9. The summed E-state index contributed by atoms with van der Waals surface area (Å²) < 4.78 is 5.32. The average molecular weight is 277 g/mol. The molecule has 3 heterocycles. The third-order valence-electron chi connectivity index (χ3n) is 3.54. The number of hydrogen-bond acceptors (Lipinski definition) is 5. The highest BCUT2D eigenvalue weighted by atomic mass is 32.1. The first-order valence-electron chi connectivity index (χ1n) is 6.97. The van der Waals surface area contributed by atoms with Crippen LogP contribution >= 0.6 is 11.3 Å². The SMILES string of the molecule is c1csc(Cc2noc(CCC3CCCCN3)n2)c1. The molecule has 1 fully saturated rings. The molecular formula is C14H19N3OS. The van der Waals surface area contributed by atoms with Crippen LogP contribution in [0.1, 0.15) is 42.3 Å². The lowest BCUT2D eigenvalue weighted by atomic mass is 10.0. The smallest absolute Gasteiger partial charge is 0.226 e. The van der Waals surface area contributed by atoms with Crippen LogP contribution in [-0.2, 0) is 12.8 Å². The maximum absolute atomic E-state index is 5.32. The molecule has 4 nitrogen and oxygen atoms in total. The van der Waals surface area contributed by atoms with Crippen LogP contribution in [0.25, 0.3) is 0 Å². The second kappa shape index (κ2) is 6.30. The van der Waals surface area contributed by atoms with Gasteiger partial charge in [-0.25, -0.2) is 0 Å². The number of rotatable bonds is 5. The molecule has 1 aliphatic rings. The summed E-state index contributed by atoms with van der Waals surface area (Å²) in [6.07, 6.45) is 6.68. The number of aromatic nitrogens is 2. The highest BCUT2D eigenvalue weighted by Crippen LogP contribution is 2.15. The second-order valence-corrected chi connectivity index (χ2v) is 6.08. The Balaban J connectivity index is 1.50. The lowest BCUT2D eigenvalue weighted by molar-refractivity contribution is 0.341. The van der Waals surface area contributed by atoms with Crippen molar-refractivity contribution in [2.75, 3.05) is 6.54 Å². The molecule has 0 radical (unpaired) electrons. The fraction of sp³-hybridized carbons (Fsp3) is 0.571. The van der Waals surface area contributed by atoms with E-state index in [1.807, 2.05) is 0 Å². The van der Waals surface area contributed by atoms with E-state index >= 15 is 0 Å². The molecule has 19 heavy (non-hydrogen) atoms. The van der Waals surface area contributed by atoms with Gasteiger partial charge in [-0.3, -0.25) is 0 Å². The summed E-state index contributed by atoms with van der Waals surface area (Å²) in [6.45, 7) is 1.15. The molecule has 0 bridgehead atoms. The van der Waals surface area contributed by atoms with E-state index < -0.39 is 0 Å². The van der Waals surface area contributed by atoms with Gasteiger partial charge in [-0.15, -0.1) is 11.3 Å². The molecule has 5 heteroatoms. The van der Waals surface area contributed by atoms with Gasteiger partial charge in [0.2, 0.25) is 5.89 Å². The minimum absolute atomic E-state index is 0.626. The van der Waals surface area contributed by atoms with Crippen molar-refractivity contribution in [3.63, 3.8) is 0 Å². The van der Waals surface area contributed by atoms with Crippen molar-refractivity contribution in [3.8, 4) is 0 Å². The molecule has 1 N–H and O–H groups in total. The van der Waals surface area contributed by atoms with Crippen LogP contribution in [0.3, 0.4) is 0 Å². The zero-order valence-corrected chi connectivity index (χ0v) is 11.8. The highest BCUT2D eigenvalue weighted by molar-refractivity contribution is 7.09. The quantitative estimate of drug-likeness (QED) is 0.913.